The predicted octanol–water partition coefficient (Wildman–Crippen LogP) is 1.95. The van der Waals surface area contributed by atoms with E-state index >= 15 is 0 Å². The average molecular weight is 254 g/mol. The SMILES string of the molecule is C=CCCCN=C(C)N.I. The average Bonchev–Trinajstić information content (AvgIpc) is 1.80. The smallest absolute Gasteiger partial charge is 0.0905 e. The molecule has 0 aromatic carbocycles. The summed E-state index contributed by atoms with van der Waals surface area (Å²) < 4.78 is 0. The van der Waals surface area contributed by atoms with Crippen molar-refractivity contribution >= 4 is 29.8 Å². The van der Waals surface area contributed by atoms with Gasteiger partial charge in [0.05, 0.1) is 5.84 Å². The molecule has 0 radical (unpaired) electrons. The summed E-state index contributed by atoms with van der Waals surface area (Å²) in [5.74, 6) is 0.666. The summed E-state index contributed by atoms with van der Waals surface area (Å²) >= 11 is 0. The number of rotatable bonds is 4. The van der Waals surface area contributed by atoms with Crippen LogP contribution in [0.15, 0.2) is 17.6 Å². The minimum atomic E-state index is 0. The van der Waals surface area contributed by atoms with Gasteiger partial charge in [0.1, 0.15) is 0 Å². The molecule has 0 aliphatic rings. The van der Waals surface area contributed by atoms with Crippen LogP contribution in [0.2, 0.25) is 0 Å². The molecule has 0 saturated heterocycles. The third-order valence-corrected chi connectivity index (χ3v) is 0.928. The molecule has 0 aliphatic carbocycles. The highest BCUT2D eigenvalue weighted by molar-refractivity contribution is 14.0. The first-order valence-corrected chi connectivity index (χ1v) is 3.15. The second-order valence-corrected chi connectivity index (χ2v) is 1.95. The summed E-state index contributed by atoms with van der Waals surface area (Å²) in [4.78, 5) is 4.01. The van der Waals surface area contributed by atoms with Crippen LogP contribution in [0.3, 0.4) is 0 Å². The monoisotopic (exact) mass is 254 g/mol. The Bertz CT molecular complexity index is 106. The maximum Gasteiger partial charge on any atom is 0.0905 e. The number of nitrogens with zero attached hydrogens (tertiary/aromatic N) is 1. The Kier molecular flexibility index (Phi) is 11.3. The Hall–Kier alpha value is -0.0600. The Balaban J connectivity index is 0. The van der Waals surface area contributed by atoms with E-state index in [0.29, 0.717) is 5.84 Å². The van der Waals surface area contributed by atoms with Gasteiger partial charge in [0, 0.05) is 6.54 Å². The molecule has 0 aliphatic heterocycles. The molecule has 10 heavy (non-hydrogen) atoms. The van der Waals surface area contributed by atoms with Gasteiger partial charge in [-0.15, -0.1) is 30.6 Å². The van der Waals surface area contributed by atoms with Crippen molar-refractivity contribution in [3.05, 3.63) is 12.7 Å². The number of aliphatic imine (C=N–C) groups is 1. The van der Waals surface area contributed by atoms with Crippen LogP contribution in [0, 0.1) is 0 Å². The van der Waals surface area contributed by atoms with Crippen molar-refractivity contribution in [2.24, 2.45) is 10.7 Å². The molecule has 0 saturated carbocycles. The van der Waals surface area contributed by atoms with Crippen molar-refractivity contribution in [1.29, 1.82) is 0 Å². The lowest BCUT2D eigenvalue weighted by Crippen LogP contribution is -2.05. The fourth-order valence-electron chi connectivity index (χ4n) is 0.491. The third-order valence-electron chi connectivity index (χ3n) is 0.928. The number of halogens is 1. The van der Waals surface area contributed by atoms with Crippen LogP contribution in [0.1, 0.15) is 19.8 Å². The highest BCUT2D eigenvalue weighted by Crippen LogP contribution is 1.88. The van der Waals surface area contributed by atoms with E-state index in [4.69, 9.17) is 5.73 Å². The zero-order valence-electron chi connectivity index (χ0n) is 6.34. The summed E-state index contributed by atoms with van der Waals surface area (Å²) in [5.41, 5.74) is 5.30. The third kappa shape index (κ3) is 10.8. The van der Waals surface area contributed by atoms with Gasteiger partial charge >= 0.3 is 0 Å². The first-order valence-electron chi connectivity index (χ1n) is 3.15. The van der Waals surface area contributed by atoms with E-state index in [1.807, 2.05) is 6.08 Å². The highest BCUT2D eigenvalue weighted by Gasteiger charge is 1.80. The predicted molar refractivity (Wildman–Crippen MR) is 57.0 cm³/mol. The summed E-state index contributed by atoms with van der Waals surface area (Å²) in [6.45, 7) is 6.22. The lowest BCUT2D eigenvalue weighted by atomic mass is 10.3. The largest absolute Gasteiger partial charge is 0.388 e. The molecule has 3 heteroatoms. The Morgan fingerprint density at radius 3 is 2.70 bits per heavy atom. The van der Waals surface area contributed by atoms with Crippen LogP contribution >= 0.6 is 24.0 Å². The van der Waals surface area contributed by atoms with E-state index in [1.54, 1.807) is 6.92 Å². The molecule has 2 nitrogen and oxygen atoms in total. The van der Waals surface area contributed by atoms with Gasteiger partial charge in [-0.1, -0.05) is 6.08 Å². The molecule has 0 unspecified atom stereocenters. The quantitative estimate of drug-likeness (QED) is 0.269. The van der Waals surface area contributed by atoms with E-state index in [1.165, 1.54) is 0 Å². The molecule has 0 aromatic rings. The van der Waals surface area contributed by atoms with Gasteiger partial charge in [-0.2, -0.15) is 0 Å². The Morgan fingerprint density at radius 2 is 2.30 bits per heavy atom. The fourth-order valence-corrected chi connectivity index (χ4v) is 0.491. The van der Waals surface area contributed by atoms with Crippen molar-refractivity contribution in [3.63, 3.8) is 0 Å². The summed E-state index contributed by atoms with van der Waals surface area (Å²) in [5, 5.41) is 0. The molecule has 0 fully saturated rings. The number of nitrogens with two attached hydrogens (primary N) is 1. The zero-order valence-corrected chi connectivity index (χ0v) is 8.67. The molecule has 0 aromatic heterocycles. The van der Waals surface area contributed by atoms with Crippen LogP contribution in [-0.2, 0) is 0 Å². The minimum absolute atomic E-state index is 0. The topological polar surface area (TPSA) is 38.4 Å². The Morgan fingerprint density at radius 1 is 1.70 bits per heavy atom. The van der Waals surface area contributed by atoms with Gasteiger partial charge in [-0.3, -0.25) is 4.99 Å². The standard InChI is InChI=1S/C7H14N2.HI/c1-3-4-5-6-9-7(2)8;/h3H,1,4-6H2,2H3,(H2,8,9);1H. The second-order valence-electron chi connectivity index (χ2n) is 1.95. The lowest BCUT2D eigenvalue weighted by Gasteiger charge is -1.90. The van der Waals surface area contributed by atoms with Gasteiger partial charge in [-0.25, -0.2) is 0 Å². The Labute approximate surface area is 79.6 Å². The van der Waals surface area contributed by atoms with Gasteiger partial charge in [0.2, 0.25) is 0 Å². The second kappa shape index (κ2) is 8.94. The molecular formula is C7H15IN2. The summed E-state index contributed by atoms with van der Waals surface area (Å²) in [6, 6.07) is 0. The van der Waals surface area contributed by atoms with Crippen LogP contribution in [0.25, 0.3) is 0 Å². The van der Waals surface area contributed by atoms with Crippen molar-refractivity contribution in [2.45, 2.75) is 19.8 Å². The molecule has 0 bridgehead atoms. The fraction of sp³-hybridized carbons (Fsp3) is 0.571. The zero-order chi connectivity index (χ0) is 7.11. The van der Waals surface area contributed by atoms with Gasteiger partial charge in [0.15, 0.2) is 0 Å². The van der Waals surface area contributed by atoms with Crippen LogP contribution < -0.4 is 5.73 Å². The van der Waals surface area contributed by atoms with Crippen molar-refractivity contribution in [2.75, 3.05) is 6.54 Å². The van der Waals surface area contributed by atoms with Crippen molar-refractivity contribution in [3.8, 4) is 0 Å². The molecule has 0 rings (SSSR count). The maximum absolute atomic E-state index is 5.30. The number of hydrogen-bond acceptors (Lipinski definition) is 1. The first kappa shape index (κ1) is 12.6. The molecule has 60 valence electrons. The van der Waals surface area contributed by atoms with E-state index in [-0.39, 0.29) is 24.0 Å². The normalized spacial score (nSPS) is 10.3. The molecule has 2 N–H and O–H groups in total. The summed E-state index contributed by atoms with van der Waals surface area (Å²) in [6.07, 6.45) is 3.97. The van der Waals surface area contributed by atoms with E-state index < -0.39 is 0 Å². The maximum atomic E-state index is 5.30. The van der Waals surface area contributed by atoms with Crippen LogP contribution in [0.4, 0.5) is 0 Å². The lowest BCUT2D eigenvalue weighted by molar-refractivity contribution is 0.855. The number of allylic oxidation sites excluding steroid dienone is 1. The number of hydrogen-bond donors (Lipinski definition) is 1. The molecule has 0 atom stereocenters. The van der Waals surface area contributed by atoms with E-state index in [2.05, 4.69) is 11.6 Å². The van der Waals surface area contributed by atoms with Gasteiger partial charge in [0.25, 0.3) is 0 Å². The number of amidine groups is 1. The van der Waals surface area contributed by atoms with Gasteiger partial charge in [-0.05, 0) is 19.8 Å². The van der Waals surface area contributed by atoms with E-state index in [9.17, 15) is 0 Å². The molecule has 0 heterocycles. The highest BCUT2D eigenvalue weighted by atomic mass is 127. The van der Waals surface area contributed by atoms with Crippen molar-refractivity contribution < 1.29 is 0 Å². The molecule has 0 spiro atoms. The first-order chi connectivity index (χ1) is 4.27. The summed E-state index contributed by atoms with van der Waals surface area (Å²) in [7, 11) is 0. The van der Waals surface area contributed by atoms with E-state index in [0.717, 1.165) is 19.4 Å². The van der Waals surface area contributed by atoms with Gasteiger partial charge < -0.3 is 5.73 Å². The number of unbranched alkanes of at least 4 members (excludes halogenated alkanes) is 1. The minimum Gasteiger partial charge on any atom is -0.388 e. The molecular weight excluding hydrogens is 239 g/mol. The van der Waals surface area contributed by atoms with Crippen molar-refractivity contribution in [1.82, 2.24) is 0 Å². The van der Waals surface area contributed by atoms with Crippen LogP contribution in [0.5, 0.6) is 0 Å². The molecule has 0 amide bonds. The van der Waals surface area contributed by atoms with Crippen LogP contribution in [-0.4, -0.2) is 12.4 Å².